The lowest BCUT2D eigenvalue weighted by Crippen LogP contribution is -2.36. The largest absolute Gasteiger partial charge is 0.471 e. The van der Waals surface area contributed by atoms with Gasteiger partial charge < -0.3 is 52.6 Å². The molecule has 0 saturated carbocycles. The fourth-order valence-electron chi connectivity index (χ4n) is 6.08. The van der Waals surface area contributed by atoms with Crippen LogP contribution in [0, 0.1) is 0 Å². The van der Waals surface area contributed by atoms with Crippen molar-refractivity contribution in [2.45, 2.75) is 45.6 Å². The number of imidazole rings is 2. The summed E-state index contributed by atoms with van der Waals surface area (Å²) in [4.78, 5) is 65.7. The van der Waals surface area contributed by atoms with Crippen LogP contribution in [0.4, 0.5) is 25.1 Å². The maximum Gasteiger partial charge on any atom is 0.471 e. The van der Waals surface area contributed by atoms with Gasteiger partial charge in [0.25, 0.3) is 11.8 Å². The molecule has 0 saturated heterocycles. The molecule has 0 bridgehead atoms. The van der Waals surface area contributed by atoms with Gasteiger partial charge in [-0.3, -0.25) is 14.4 Å². The van der Waals surface area contributed by atoms with Gasteiger partial charge in [0.2, 0.25) is 23.7 Å². The number of anilines is 2. The summed E-state index contributed by atoms with van der Waals surface area (Å²) in [6, 6.07) is 28.3. The summed E-state index contributed by atoms with van der Waals surface area (Å²) in [6.45, 7) is 1.39. The van der Waals surface area contributed by atoms with E-state index >= 15 is 0 Å². The summed E-state index contributed by atoms with van der Waals surface area (Å²) >= 11 is 0. The molecule has 19 nitrogen and oxygen atoms in total. The lowest BCUT2D eigenvalue weighted by atomic mass is 10.1. The quantitative estimate of drug-likeness (QED) is 0.0702. The number of nitrogens with one attached hydrogen (secondary N) is 5. The Labute approximate surface area is 372 Å². The second-order valence-corrected chi connectivity index (χ2v) is 14.3. The van der Waals surface area contributed by atoms with E-state index in [4.69, 9.17) is 26.7 Å². The van der Waals surface area contributed by atoms with Gasteiger partial charge >= 0.3 is 12.1 Å². The van der Waals surface area contributed by atoms with E-state index in [1.165, 1.54) is 36.9 Å². The number of nitrogens with zero attached hydrogens (tertiary/aromatic N) is 6. The highest BCUT2D eigenvalue weighted by Crippen LogP contribution is 2.23. The van der Waals surface area contributed by atoms with Crippen LogP contribution >= 0.6 is 0 Å². The molecule has 0 aliphatic heterocycles. The fourth-order valence-corrected chi connectivity index (χ4v) is 6.08. The number of nitrogens with two attached hydrogens (primary N) is 3. The van der Waals surface area contributed by atoms with Crippen LogP contribution in [-0.4, -0.2) is 63.8 Å². The van der Waals surface area contributed by atoms with Crippen LogP contribution in [-0.2, 0) is 44.2 Å². The van der Waals surface area contributed by atoms with Crippen LogP contribution < -0.4 is 42.6 Å². The molecule has 8 aromatic rings. The molecule has 11 N–H and O–H groups in total. The number of aromatic nitrogens is 8. The number of nitrogen functional groups attached to an aromatic ring is 2. The van der Waals surface area contributed by atoms with Crippen molar-refractivity contribution in [3.8, 4) is 11.8 Å². The number of benzene rings is 4. The van der Waals surface area contributed by atoms with E-state index in [1.54, 1.807) is 17.4 Å². The third kappa shape index (κ3) is 12.1. The highest BCUT2D eigenvalue weighted by Gasteiger charge is 2.38. The first-order chi connectivity index (χ1) is 31.8. The Balaban J connectivity index is 0.000000199. The summed E-state index contributed by atoms with van der Waals surface area (Å²) in [5.74, 6) is -1.69. The zero-order valence-corrected chi connectivity index (χ0v) is 34.7. The first kappa shape index (κ1) is 45.4. The van der Waals surface area contributed by atoms with E-state index in [-0.39, 0.29) is 43.4 Å². The minimum Gasteiger partial charge on any atom is -0.471 e. The highest BCUT2D eigenvalue weighted by atomic mass is 19.4. The summed E-state index contributed by atoms with van der Waals surface area (Å²) in [6.07, 6.45) is -1.95. The number of hydrogen-bond donors (Lipinski definition) is 8. The number of alkyl halides is 3. The van der Waals surface area contributed by atoms with E-state index in [0.717, 1.165) is 27.8 Å². The zero-order chi connectivity index (χ0) is 46.6. The Kier molecular flexibility index (Phi) is 14.2. The van der Waals surface area contributed by atoms with E-state index in [1.807, 2.05) is 60.7 Å². The molecule has 4 aromatic heterocycles. The predicted molar refractivity (Wildman–Crippen MR) is 235 cm³/mol. The molecule has 8 rings (SSSR count). The van der Waals surface area contributed by atoms with E-state index in [9.17, 15) is 27.6 Å². The van der Waals surface area contributed by atoms with Gasteiger partial charge in [-0.25, -0.2) is 9.97 Å². The van der Waals surface area contributed by atoms with Gasteiger partial charge in [0, 0.05) is 37.3 Å². The van der Waals surface area contributed by atoms with Crippen molar-refractivity contribution in [3.05, 3.63) is 154 Å². The molecule has 0 unspecified atom stereocenters. The van der Waals surface area contributed by atoms with Gasteiger partial charge in [0.15, 0.2) is 11.3 Å². The Morgan fingerprint density at radius 3 is 1.29 bits per heavy atom. The zero-order valence-electron chi connectivity index (χ0n) is 34.7. The van der Waals surface area contributed by atoms with Crippen molar-refractivity contribution in [2.75, 3.05) is 11.5 Å². The topological polar surface area (TPSA) is 293 Å². The van der Waals surface area contributed by atoms with Crippen LogP contribution in [0.15, 0.2) is 110 Å². The molecule has 0 radical (unpaired) electrons. The fraction of sp³-hybridized carbons (Fsp3) is 0.159. The molecule has 4 heterocycles. The van der Waals surface area contributed by atoms with Crippen LogP contribution in [0.5, 0.6) is 11.8 Å². The molecule has 66 heavy (non-hydrogen) atoms. The van der Waals surface area contributed by atoms with Gasteiger partial charge in [-0.1, -0.05) is 72.8 Å². The Morgan fingerprint density at radius 2 is 0.894 bits per heavy atom. The predicted octanol–water partition coefficient (Wildman–Crippen LogP) is 4.53. The third-order valence-corrected chi connectivity index (χ3v) is 9.62. The maximum absolute atomic E-state index is 12.4. The van der Waals surface area contributed by atoms with Crippen LogP contribution in [0.1, 0.15) is 54.1 Å². The molecule has 0 aliphatic carbocycles. The van der Waals surface area contributed by atoms with Crippen molar-refractivity contribution in [1.29, 1.82) is 0 Å². The van der Waals surface area contributed by atoms with Gasteiger partial charge in [0.05, 0.1) is 12.7 Å². The molecule has 0 atom stereocenters. The number of fused-ring (bicyclic) bond motifs is 2. The minimum absolute atomic E-state index is 0.0542. The average molecular weight is 903 g/mol. The van der Waals surface area contributed by atoms with E-state index in [2.05, 4.69) is 50.5 Å². The summed E-state index contributed by atoms with van der Waals surface area (Å²) in [5, 5.41) is 7.46. The Bertz CT molecular complexity index is 2930. The maximum atomic E-state index is 12.4. The number of carbonyl (C=O) groups is 3. The molecule has 0 aliphatic rings. The van der Waals surface area contributed by atoms with E-state index < -0.39 is 12.1 Å². The smallest absolute Gasteiger partial charge is 0.471 e. The number of aromatic amines is 2. The van der Waals surface area contributed by atoms with Crippen molar-refractivity contribution in [3.63, 3.8) is 0 Å². The molecule has 0 fully saturated rings. The summed E-state index contributed by atoms with van der Waals surface area (Å²) < 4.78 is 48.3. The number of H-pyrrole nitrogens is 2. The number of amides is 3. The molecule has 4 aromatic carbocycles. The molecular weight excluding hydrogens is 862 g/mol. The molecule has 0 spiro atoms. The van der Waals surface area contributed by atoms with Crippen LogP contribution in [0.25, 0.3) is 22.3 Å². The van der Waals surface area contributed by atoms with Crippen molar-refractivity contribution < 1.29 is 37.0 Å². The molecular formula is C44H41F3N14O5. The third-order valence-electron chi connectivity index (χ3n) is 9.62. The minimum atomic E-state index is -4.94. The standard InChI is InChI=1S/C23H20F3N7O3.C21H21N7O2/c24-23(25,26)21(35)29-10-14-5-7-16(8-6-14)19(34)28-9-13-1-3-15(4-2-13)11-36-20-17-18(31-12-30-17)32-22(27)33-20;22-9-13-5-7-16(8-6-13)19(29)24-10-14-1-3-15(4-2-14)11-30-20-17-18(26-12-25-17)27-21(23)28-20/h1-8,12H,9-11H2,(H,28,34)(H,29,35)(H3,27,30,31,32,33);1-8,12H,9-11,22H2,(H,24,29)(H3,23,25,26,27,28). The number of carbonyl (C=O) groups excluding carboxylic acids is 3. The summed E-state index contributed by atoms with van der Waals surface area (Å²) in [5.41, 5.74) is 25.0. The average Bonchev–Trinajstić information content (AvgIpc) is 4.01. The second-order valence-electron chi connectivity index (χ2n) is 14.3. The molecule has 338 valence electrons. The number of rotatable bonds is 15. The van der Waals surface area contributed by atoms with Crippen molar-refractivity contribution in [1.82, 2.24) is 55.8 Å². The lowest BCUT2D eigenvalue weighted by Gasteiger charge is -2.10. The van der Waals surface area contributed by atoms with Crippen LogP contribution in [0.3, 0.4) is 0 Å². The van der Waals surface area contributed by atoms with Gasteiger partial charge in [-0.2, -0.15) is 33.1 Å². The molecule has 22 heteroatoms. The Hall–Kier alpha value is -8.66. The lowest BCUT2D eigenvalue weighted by molar-refractivity contribution is -0.173. The number of ether oxygens (including phenoxy) is 2. The van der Waals surface area contributed by atoms with Crippen LogP contribution in [0.2, 0.25) is 0 Å². The summed E-state index contributed by atoms with van der Waals surface area (Å²) in [7, 11) is 0. The first-order valence-corrected chi connectivity index (χ1v) is 19.9. The second kappa shape index (κ2) is 20.7. The van der Waals surface area contributed by atoms with E-state index in [0.29, 0.717) is 70.5 Å². The Morgan fingerprint density at radius 1 is 0.530 bits per heavy atom. The number of halogens is 3. The van der Waals surface area contributed by atoms with Crippen molar-refractivity contribution >= 4 is 51.9 Å². The normalized spacial score (nSPS) is 11.1. The monoisotopic (exact) mass is 902 g/mol. The highest BCUT2D eigenvalue weighted by molar-refractivity contribution is 5.94. The first-order valence-electron chi connectivity index (χ1n) is 19.9. The molecule has 3 amide bonds. The number of hydrogen-bond acceptors (Lipinski definition) is 14. The van der Waals surface area contributed by atoms with Crippen molar-refractivity contribution in [2.24, 2.45) is 5.73 Å². The SMILES string of the molecule is NCc1ccc(C(=O)NCc2ccc(COc3nc(N)nc4nc[nH]c34)cc2)cc1.Nc1nc(OCc2ccc(CNC(=O)c3ccc(CNC(=O)C(F)(F)F)cc3)cc2)c2[nH]cnc2n1. The van der Waals surface area contributed by atoms with Gasteiger partial charge in [-0.05, 0) is 57.6 Å². The van der Waals surface area contributed by atoms with Gasteiger partial charge in [0.1, 0.15) is 24.2 Å². The van der Waals surface area contributed by atoms with Gasteiger partial charge in [-0.15, -0.1) is 0 Å².